The summed E-state index contributed by atoms with van der Waals surface area (Å²) in [6.45, 7) is 4.03. The number of benzene rings is 1. The number of imidazole rings is 1. The van der Waals surface area contributed by atoms with E-state index in [4.69, 9.17) is 22.1 Å². The van der Waals surface area contributed by atoms with E-state index in [1.165, 1.54) is 0 Å². The SMILES string of the molecule is COc1ccc2nc(CCl)n(CC(C)(C)C(N)=O)c2c1. The monoisotopic (exact) mass is 295 g/mol. The quantitative estimate of drug-likeness (QED) is 0.860. The number of hydrogen-bond donors (Lipinski definition) is 1. The van der Waals surface area contributed by atoms with E-state index in [9.17, 15) is 4.79 Å². The van der Waals surface area contributed by atoms with Crippen molar-refractivity contribution >= 4 is 28.5 Å². The molecule has 108 valence electrons. The Morgan fingerprint density at radius 2 is 2.20 bits per heavy atom. The van der Waals surface area contributed by atoms with Crippen molar-refractivity contribution in [1.82, 2.24) is 9.55 Å². The van der Waals surface area contributed by atoms with Crippen LogP contribution in [0.15, 0.2) is 18.2 Å². The summed E-state index contributed by atoms with van der Waals surface area (Å²) >= 11 is 5.95. The Morgan fingerprint density at radius 1 is 1.50 bits per heavy atom. The number of nitrogens with zero attached hydrogens (tertiary/aromatic N) is 2. The zero-order valence-corrected chi connectivity index (χ0v) is 12.6. The predicted octanol–water partition coefficient (Wildman–Crippen LogP) is 2.30. The van der Waals surface area contributed by atoms with Crippen LogP contribution in [0.5, 0.6) is 5.75 Å². The van der Waals surface area contributed by atoms with Gasteiger partial charge in [0, 0.05) is 12.6 Å². The molecule has 0 spiro atoms. The summed E-state index contributed by atoms with van der Waals surface area (Å²) in [6, 6.07) is 5.60. The van der Waals surface area contributed by atoms with Crippen molar-refractivity contribution in [1.29, 1.82) is 0 Å². The lowest BCUT2D eigenvalue weighted by Gasteiger charge is -2.22. The molecule has 0 unspecified atom stereocenters. The van der Waals surface area contributed by atoms with E-state index in [-0.39, 0.29) is 11.8 Å². The highest BCUT2D eigenvalue weighted by atomic mass is 35.5. The average Bonchev–Trinajstić information content (AvgIpc) is 2.75. The Bertz CT molecular complexity index is 649. The summed E-state index contributed by atoms with van der Waals surface area (Å²) in [4.78, 5) is 16.0. The van der Waals surface area contributed by atoms with E-state index in [2.05, 4.69) is 4.98 Å². The van der Waals surface area contributed by atoms with Crippen molar-refractivity contribution in [3.63, 3.8) is 0 Å². The number of carbonyl (C=O) groups is 1. The number of rotatable bonds is 5. The van der Waals surface area contributed by atoms with E-state index in [1.807, 2.05) is 22.8 Å². The summed E-state index contributed by atoms with van der Waals surface area (Å²) in [6.07, 6.45) is 0. The first-order valence-electron chi connectivity index (χ1n) is 6.28. The fraction of sp³-hybridized carbons (Fsp3) is 0.429. The minimum Gasteiger partial charge on any atom is -0.497 e. The molecule has 6 heteroatoms. The highest BCUT2D eigenvalue weighted by Gasteiger charge is 2.27. The first kappa shape index (κ1) is 14.7. The summed E-state index contributed by atoms with van der Waals surface area (Å²) in [7, 11) is 1.61. The number of carbonyl (C=O) groups excluding carboxylic acids is 1. The fourth-order valence-electron chi connectivity index (χ4n) is 2.03. The maximum atomic E-state index is 11.5. The molecular weight excluding hydrogens is 278 g/mol. The summed E-state index contributed by atoms with van der Waals surface area (Å²) < 4.78 is 7.16. The van der Waals surface area contributed by atoms with E-state index < -0.39 is 5.41 Å². The standard InChI is InChI=1S/C14H18ClN3O2/c1-14(2,13(16)19)8-18-11-6-9(20-3)4-5-10(11)17-12(18)7-15/h4-6H,7-8H2,1-3H3,(H2,16,19). The van der Waals surface area contributed by atoms with Gasteiger partial charge in [0.1, 0.15) is 11.6 Å². The van der Waals surface area contributed by atoms with Gasteiger partial charge in [-0.2, -0.15) is 0 Å². The molecule has 1 amide bonds. The lowest BCUT2D eigenvalue weighted by molar-refractivity contribution is -0.126. The number of methoxy groups -OCH3 is 1. The number of nitrogens with two attached hydrogens (primary N) is 1. The van der Waals surface area contributed by atoms with Gasteiger partial charge in [-0.05, 0) is 26.0 Å². The van der Waals surface area contributed by atoms with Crippen LogP contribution in [0.3, 0.4) is 0 Å². The van der Waals surface area contributed by atoms with Crippen LogP contribution in [0.4, 0.5) is 0 Å². The molecule has 2 rings (SSSR count). The van der Waals surface area contributed by atoms with Gasteiger partial charge in [-0.25, -0.2) is 4.98 Å². The van der Waals surface area contributed by atoms with Gasteiger partial charge < -0.3 is 15.0 Å². The van der Waals surface area contributed by atoms with Gasteiger partial charge in [-0.1, -0.05) is 0 Å². The molecule has 0 aliphatic heterocycles. The number of alkyl halides is 1. The third-order valence-electron chi connectivity index (χ3n) is 3.37. The first-order valence-corrected chi connectivity index (χ1v) is 6.81. The van der Waals surface area contributed by atoms with Crippen LogP contribution in [0, 0.1) is 5.41 Å². The molecule has 5 nitrogen and oxygen atoms in total. The lowest BCUT2D eigenvalue weighted by atomic mass is 9.92. The van der Waals surface area contributed by atoms with Gasteiger partial charge in [-0.15, -0.1) is 11.6 Å². The van der Waals surface area contributed by atoms with Gasteiger partial charge >= 0.3 is 0 Å². The summed E-state index contributed by atoms with van der Waals surface area (Å²) in [5.41, 5.74) is 6.47. The Balaban J connectivity index is 2.57. The number of ether oxygens (including phenoxy) is 1. The number of primary amides is 1. The van der Waals surface area contributed by atoms with Crippen LogP contribution in [-0.4, -0.2) is 22.6 Å². The topological polar surface area (TPSA) is 70.1 Å². The largest absolute Gasteiger partial charge is 0.497 e. The normalized spacial score (nSPS) is 11.8. The molecular formula is C14H18ClN3O2. The highest BCUT2D eigenvalue weighted by molar-refractivity contribution is 6.16. The van der Waals surface area contributed by atoms with Gasteiger partial charge in [0.2, 0.25) is 5.91 Å². The number of hydrogen-bond acceptors (Lipinski definition) is 3. The smallest absolute Gasteiger partial charge is 0.224 e. The molecule has 1 aromatic carbocycles. The summed E-state index contributed by atoms with van der Waals surface area (Å²) in [5.74, 6) is 1.36. The predicted molar refractivity (Wildman–Crippen MR) is 78.8 cm³/mol. The van der Waals surface area contributed by atoms with Crippen LogP contribution in [0.2, 0.25) is 0 Å². The second-order valence-corrected chi connectivity index (χ2v) is 5.62. The second-order valence-electron chi connectivity index (χ2n) is 5.35. The maximum absolute atomic E-state index is 11.5. The van der Waals surface area contributed by atoms with Crippen molar-refractivity contribution in [3.05, 3.63) is 24.0 Å². The molecule has 0 fully saturated rings. The average molecular weight is 296 g/mol. The molecule has 2 N–H and O–H groups in total. The Hall–Kier alpha value is -1.75. The van der Waals surface area contributed by atoms with Gasteiger partial charge in [-0.3, -0.25) is 4.79 Å². The van der Waals surface area contributed by atoms with Gasteiger partial charge in [0.15, 0.2) is 0 Å². The fourth-order valence-corrected chi connectivity index (χ4v) is 2.24. The van der Waals surface area contributed by atoms with Gasteiger partial charge in [0.25, 0.3) is 0 Å². The van der Waals surface area contributed by atoms with Crippen LogP contribution in [-0.2, 0) is 17.2 Å². The molecule has 0 aliphatic rings. The third kappa shape index (κ3) is 2.58. The molecule has 0 radical (unpaired) electrons. The Labute approximate surface area is 122 Å². The number of amides is 1. The molecule has 0 saturated carbocycles. The molecule has 0 atom stereocenters. The number of fused-ring (bicyclic) bond motifs is 1. The molecule has 0 aliphatic carbocycles. The van der Waals surface area contributed by atoms with Crippen molar-refractivity contribution < 1.29 is 9.53 Å². The Kier molecular flexibility index (Phi) is 3.90. The van der Waals surface area contributed by atoms with Crippen molar-refractivity contribution in [3.8, 4) is 5.75 Å². The maximum Gasteiger partial charge on any atom is 0.224 e. The van der Waals surface area contributed by atoms with Gasteiger partial charge in [0.05, 0.1) is 29.4 Å². The number of halogens is 1. The Morgan fingerprint density at radius 3 is 2.75 bits per heavy atom. The van der Waals surface area contributed by atoms with E-state index in [0.29, 0.717) is 12.4 Å². The van der Waals surface area contributed by atoms with E-state index in [1.54, 1.807) is 21.0 Å². The minimum atomic E-state index is -0.683. The molecule has 1 heterocycles. The van der Waals surface area contributed by atoms with E-state index in [0.717, 1.165) is 16.8 Å². The molecule has 0 bridgehead atoms. The van der Waals surface area contributed by atoms with Crippen molar-refractivity contribution in [2.75, 3.05) is 7.11 Å². The van der Waals surface area contributed by atoms with Crippen molar-refractivity contribution in [2.24, 2.45) is 11.1 Å². The molecule has 20 heavy (non-hydrogen) atoms. The van der Waals surface area contributed by atoms with Crippen molar-refractivity contribution in [2.45, 2.75) is 26.3 Å². The van der Waals surface area contributed by atoms with Crippen LogP contribution in [0.25, 0.3) is 11.0 Å². The second kappa shape index (κ2) is 5.32. The van der Waals surface area contributed by atoms with E-state index >= 15 is 0 Å². The summed E-state index contributed by atoms with van der Waals surface area (Å²) in [5, 5.41) is 0. The van der Waals surface area contributed by atoms with Crippen LogP contribution >= 0.6 is 11.6 Å². The molecule has 2 aromatic rings. The molecule has 0 saturated heterocycles. The lowest BCUT2D eigenvalue weighted by Crippen LogP contribution is -2.35. The highest BCUT2D eigenvalue weighted by Crippen LogP contribution is 2.27. The first-order chi connectivity index (χ1) is 9.39. The zero-order chi connectivity index (χ0) is 14.9. The number of aromatic nitrogens is 2. The molecule has 1 aromatic heterocycles. The van der Waals surface area contributed by atoms with Crippen LogP contribution in [0.1, 0.15) is 19.7 Å². The minimum absolute atomic E-state index is 0.270. The zero-order valence-electron chi connectivity index (χ0n) is 11.8. The third-order valence-corrected chi connectivity index (χ3v) is 3.61. The van der Waals surface area contributed by atoms with Crippen LogP contribution < -0.4 is 10.5 Å².